The van der Waals surface area contributed by atoms with Crippen LogP contribution >= 0.6 is 0 Å². The molecule has 0 N–H and O–H groups in total. The standard InChI is InChI=1S/C21H30F3N3O6S/c1-13-19(25-12-18(26-13)34(3,29)30)33-16-6-4-15(5-7-16)32-17-8-10-27(11-9-17)20(28)31-14(2)21(22,23)24/h12,14-17H,4-11H2,1-3H3. The number of aromatic nitrogens is 2. The Kier molecular flexibility index (Phi) is 8.27. The maximum atomic E-state index is 12.6. The van der Waals surface area contributed by atoms with E-state index < -0.39 is 28.2 Å². The van der Waals surface area contributed by atoms with Crippen molar-refractivity contribution in [1.82, 2.24) is 14.9 Å². The zero-order valence-electron chi connectivity index (χ0n) is 19.4. The average molecular weight is 510 g/mol. The molecule has 192 valence electrons. The molecule has 2 aliphatic rings. The Morgan fingerprint density at radius 1 is 1.09 bits per heavy atom. The van der Waals surface area contributed by atoms with E-state index in [0.717, 1.165) is 38.9 Å². The molecular formula is C21H30F3N3O6S. The highest BCUT2D eigenvalue weighted by Gasteiger charge is 2.40. The van der Waals surface area contributed by atoms with E-state index in [9.17, 15) is 26.4 Å². The lowest BCUT2D eigenvalue weighted by atomic mass is 9.94. The first-order chi connectivity index (χ1) is 15.8. The van der Waals surface area contributed by atoms with Gasteiger partial charge in [-0.1, -0.05) is 0 Å². The molecular weight excluding hydrogens is 479 g/mol. The summed E-state index contributed by atoms with van der Waals surface area (Å²) in [5.41, 5.74) is 0.413. The highest BCUT2D eigenvalue weighted by molar-refractivity contribution is 7.90. The fourth-order valence-corrected chi connectivity index (χ4v) is 4.47. The van der Waals surface area contributed by atoms with E-state index >= 15 is 0 Å². The van der Waals surface area contributed by atoms with Crippen LogP contribution in [0.5, 0.6) is 5.88 Å². The second kappa shape index (κ2) is 10.6. The third-order valence-corrected chi connectivity index (χ3v) is 6.94. The molecule has 2 fully saturated rings. The number of nitrogens with zero attached hydrogens (tertiary/aromatic N) is 3. The molecule has 1 aromatic rings. The van der Waals surface area contributed by atoms with E-state index in [0.29, 0.717) is 24.4 Å². The normalized spacial score (nSPS) is 23.4. The number of carbonyl (C=O) groups excluding carboxylic acids is 1. The van der Waals surface area contributed by atoms with Gasteiger partial charge in [-0.2, -0.15) is 13.2 Å². The summed E-state index contributed by atoms with van der Waals surface area (Å²) in [5, 5.41) is -0.0939. The fraction of sp³-hybridized carbons (Fsp3) is 0.762. The van der Waals surface area contributed by atoms with Crippen LogP contribution in [0.3, 0.4) is 0 Å². The summed E-state index contributed by atoms with van der Waals surface area (Å²) in [4.78, 5) is 21.4. The molecule has 0 radical (unpaired) electrons. The SMILES string of the molecule is Cc1nc(S(C)(=O)=O)cnc1OC1CCC(OC2CCN(C(=O)OC(C)C(F)(F)F)CC2)CC1. The maximum absolute atomic E-state index is 12.6. The zero-order chi connectivity index (χ0) is 25.1. The third-order valence-electron chi connectivity index (χ3n) is 5.98. The number of sulfone groups is 1. The van der Waals surface area contributed by atoms with Crippen LogP contribution in [0, 0.1) is 6.92 Å². The largest absolute Gasteiger partial charge is 0.473 e. The first-order valence-corrected chi connectivity index (χ1v) is 13.1. The highest BCUT2D eigenvalue weighted by atomic mass is 32.2. The molecule has 0 spiro atoms. The number of carbonyl (C=O) groups is 1. The number of ether oxygens (including phenoxy) is 3. The van der Waals surface area contributed by atoms with Crippen molar-refractivity contribution in [2.75, 3.05) is 19.3 Å². The molecule has 3 rings (SSSR count). The van der Waals surface area contributed by atoms with E-state index in [1.165, 1.54) is 11.1 Å². The Hall–Kier alpha value is -2.15. The topological polar surface area (TPSA) is 108 Å². The smallest absolute Gasteiger partial charge is 0.425 e. The van der Waals surface area contributed by atoms with E-state index in [1.807, 2.05) is 0 Å². The summed E-state index contributed by atoms with van der Waals surface area (Å²) in [7, 11) is -3.44. The number of hydrogen-bond donors (Lipinski definition) is 0. The van der Waals surface area contributed by atoms with Gasteiger partial charge >= 0.3 is 12.3 Å². The Balaban J connectivity index is 1.40. The minimum atomic E-state index is -4.58. The molecule has 1 unspecified atom stereocenters. The molecule has 1 atom stereocenters. The van der Waals surface area contributed by atoms with Gasteiger partial charge in [-0.3, -0.25) is 0 Å². The second-order valence-corrected chi connectivity index (χ2v) is 10.7. The van der Waals surface area contributed by atoms with Gasteiger partial charge in [-0.25, -0.2) is 23.2 Å². The second-order valence-electron chi connectivity index (χ2n) is 8.78. The Morgan fingerprint density at radius 3 is 2.18 bits per heavy atom. The Morgan fingerprint density at radius 2 is 1.65 bits per heavy atom. The molecule has 13 heteroatoms. The van der Waals surface area contributed by atoms with Crippen LogP contribution in [0.2, 0.25) is 0 Å². The van der Waals surface area contributed by atoms with Crippen molar-refractivity contribution >= 4 is 15.9 Å². The molecule has 9 nitrogen and oxygen atoms in total. The van der Waals surface area contributed by atoms with Crippen LogP contribution in [0.4, 0.5) is 18.0 Å². The van der Waals surface area contributed by atoms with E-state index in [2.05, 4.69) is 14.7 Å². The predicted molar refractivity (Wildman–Crippen MR) is 114 cm³/mol. The number of alkyl halides is 3. The van der Waals surface area contributed by atoms with E-state index in [1.54, 1.807) is 6.92 Å². The Bertz CT molecular complexity index is 959. The molecule has 34 heavy (non-hydrogen) atoms. The van der Waals surface area contributed by atoms with E-state index in [4.69, 9.17) is 9.47 Å². The van der Waals surface area contributed by atoms with Gasteiger partial charge in [0.25, 0.3) is 0 Å². The summed E-state index contributed by atoms with van der Waals surface area (Å²) >= 11 is 0. The minimum Gasteiger partial charge on any atom is -0.473 e. The summed E-state index contributed by atoms with van der Waals surface area (Å²) in [5.74, 6) is 0.316. The predicted octanol–water partition coefficient (Wildman–Crippen LogP) is 3.45. The quantitative estimate of drug-likeness (QED) is 0.574. The van der Waals surface area contributed by atoms with Crippen molar-refractivity contribution in [3.63, 3.8) is 0 Å². The molecule has 2 heterocycles. The van der Waals surface area contributed by atoms with Crippen LogP contribution in [0.15, 0.2) is 11.2 Å². The van der Waals surface area contributed by atoms with Crippen LogP contribution in [0.1, 0.15) is 51.1 Å². The van der Waals surface area contributed by atoms with Crippen molar-refractivity contribution in [1.29, 1.82) is 0 Å². The van der Waals surface area contributed by atoms with Crippen LogP contribution in [-0.4, -0.2) is 79.3 Å². The minimum absolute atomic E-state index is 0.0356. The zero-order valence-corrected chi connectivity index (χ0v) is 20.2. The van der Waals surface area contributed by atoms with Crippen LogP contribution in [0.25, 0.3) is 0 Å². The number of halogens is 3. The summed E-state index contributed by atoms with van der Waals surface area (Å²) < 4.78 is 77.5. The Labute approximate surface area is 196 Å². The van der Waals surface area contributed by atoms with Crippen molar-refractivity contribution in [3.8, 4) is 5.88 Å². The van der Waals surface area contributed by atoms with Crippen LogP contribution < -0.4 is 4.74 Å². The first kappa shape index (κ1) is 26.5. The van der Waals surface area contributed by atoms with E-state index in [-0.39, 0.29) is 36.4 Å². The molecule has 1 aliphatic carbocycles. The van der Waals surface area contributed by atoms with Crippen molar-refractivity contribution in [2.24, 2.45) is 0 Å². The third kappa shape index (κ3) is 7.17. The molecule has 1 aromatic heterocycles. The van der Waals surface area contributed by atoms with Gasteiger partial charge in [0.05, 0.1) is 18.4 Å². The average Bonchev–Trinajstić information content (AvgIpc) is 2.75. The van der Waals surface area contributed by atoms with Gasteiger partial charge in [-0.15, -0.1) is 0 Å². The number of piperidine rings is 1. The van der Waals surface area contributed by atoms with Gasteiger partial charge in [-0.05, 0) is 52.4 Å². The van der Waals surface area contributed by atoms with Gasteiger partial charge < -0.3 is 19.1 Å². The molecule has 1 saturated heterocycles. The number of rotatable bonds is 6. The van der Waals surface area contributed by atoms with Crippen molar-refractivity contribution in [3.05, 3.63) is 11.9 Å². The highest BCUT2D eigenvalue weighted by Crippen LogP contribution is 2.29. The molecule has 0 aromatic carbocycles. The van der Waals surface area contributed by atoms with Gasteiger partial charge in [0.1, 0.15) is 11.8 Å². The molecule has 0 bridgehead atoms. The number of likely N-dealkylation sites (tertiary alicyclic amines) is 1. The lowest BCUT2D eigenvalue weighted by molar-refractivity contribution is -0.200. The lowest BCUT2D eigenvalue weighted by Gasteiger charge is -2.36. The molecule has 1 saturated carbocycles. The maximum Gasteiger partial charge on any atom is 0.425 e. The number of hydrogen-bond acceptors (Lipinski definition) is 8. The molecule has 1 amide bonds. The van der Waals surface area contributed by atoms with Gasteiger partial charge in [0.15, 0.2) is 21.0 Å². The number of amides is 1. The fourth-order valence-electron chi connectivity index (χ4n) is 3.93. The summed E-state index contributed by atoms with van der Waals surface area (Å²) in [6.45, 7) is 3.03. The van der Waals surface area contributed by atoms with Gasteiger partial charge in [0, 0.05) is 19.3 Å². The summed E-state index contributed by atoms with van der Waals surface area (Å²) in [6, 6.07) is 0. The van der Waals surface area contributed by atoms with Crippen molar-refractivity contribution in [2.45, 2.75) is 88.0 Å². The number of aryl methyl sites for hydroxylation is 1. The lowest BCUT2D eigenvalue weighted by Crippen LogP contribution is -2.44. The molecule has 1 aliphatic heterocycles. The monoisotopic (exact) mass is 509 g/mol. The summed E-state index contributed by atoms with van der Waals surface area (Å²) in [6.07, 6.45) is -1.44. The van der Waals surface area contributed by atoms with Gasteiger partial charge in [0.2, 0.25) is 5.88 Å². The first-order valence-electron chi connectivity index (χ1n) is 11.2. The van der Waals surface area contributed by atoms with Crippen LogP contribution in [-0.2, 0) is 19.3 Å². The van der Waals surface area contributed by atoms with Crippen molar-refractivity contribution < 1.29 is 40.6 Å².